The Labute approximate surface area is 113 Å². The molecule has 100 valence electrons. The lowest BCUT2D eigenvalue weighted by Crippen LogP contribution is -2.52. The monoisotopic (exact) mass is 257 g/mol. The third kappa shape index (κ3) is 2.94. The fourth-order valence-electron chi connectivity index (χ4n) is 2.57. The molecule has 1 fully saturated rings. The third-order valence-electron chi connectivity index (χ3n) is 3.66. The summed E-state index contributed by atoms with van der Waals surface area (Å²) < 4.78 is 0. The van der Waals surface area contributed by atoms with Crippen molar-refractivity contribution in [2.45, 2.75) is 31.2 Å². The molecule has 1 aliphatic carbocycles. The number of nitrogens with zero attached hydrogens (tertiary/aromatic N) is 1. The standard InChI is InChI=1S/C15H19N3O/c1-2-17-14(19)10-18-13-8-15(9-13,11-16)12-6-4-3-5-7-12/h3-7,13,18H,2,8-10H2,1H3,(H,17,19). The van der Waals surface area contributed by atoms with Crippen LogP contribution in [0.15, 0.2) is 30.3 Å². The van der Waals surface area contributed by atoms with Gasteiger partial charge >= 0.3 is 0 Å². The topological polar surface area (TPSA) is 64.9 Å². The Bertz CT molecular complexity index is 472. The van der Waals surface area contributed by atoms with Gasteiger partial charge in [-0.05, 0) is 25.3 Å². The predicted molar refractivity (Wildman–Crippen MR) is 73.4 cm³/mol. The third-order valence-corrected chi connectivity index (χ3v) is 3.66. The molecule has 0 aromatic heterocycles. The van der Waals surface area contributed by atoms with Crippen LogP contribution in [0.25, 0.3) is 0 Å². The number of hydrogen-bond acceptors (Lipinski definition) is 3. The van der Waals surface area contributed by atoms with Crippen molar-refractivity contribution < 1.29 is 4.79 Å². The molecule has 0 saturated heterocycles. The van der Waals surface area contributed by atoms with Crippen LogP contribution in [0.1, 0.15) is 25.3 Å². The minimum absolute atomic E-state index is 0.0108. The summed E-state index contributed by atoms with van der Waals surface area (Å²) in [6.45, 7) is 2.88. The molecule has 0 heterocycles. The number of benzene rings is 1. The van der Waals surface area contributed by atoms with Gasteiger partial charge in [0.2, 0.25) is 5.91 Å². The van der Waals surface area contributed by atoms with Gasteiger partial charge in [-0.2, -0.15) is 5.26 Å². The maximum atomic E-state index is 11.3. The van der Waals surface area contributed by atoms with Gasteiger partial charge in [0, 0.05) is 12.6 Å². The first kappa shape index (κ1) is 13.6. The number of amides is 1. The molecule has 0 spiro atoms. The Morgan fingerprint density at radius 3 is 2.68 bits per heavy atom. The van der Waals surface area contributed by atoms with Crippen molar-refractivity contribution in [3.8, 4) is 6.07 Å². The van der Waals surface area contributed by atoms with Crippen molar-refractivity contribution in [1.29, 1.82) is 5.26 Å². The smallest absolute Gasteiger partial charge is 0.233 e. The molecule has 1 saturated carbocycles. The van der Waals surface area contributed by atoms with E-state index < -0.39 is 0 Å². The van der Waals surface area contributed by atoms with E-state index in [2.05, 4.69) is 16.7 Å². The minimum atomic E-state index is -0.375. The second-order valence-electron chi connectivity index (χ2n) is 5.00. The fraction of sp³-hybridized carbons (Fsp3) is 0.467. The second kappa shape index (κ2) is 5.85. The summed E-state index contributed by atoms with van der Waals surface area (Å²) in [6, 6.07) is 12.6. The number of carbonyl (C=O) groups excluding carboxylic acids is 1. The number of nitrogens with one attached hydrogen (secondary N) is 2. The van der Waals surface area contributed by atoms with E-state index in [9.17, 15) is 10.1 Å². The van der Waals surface area contributed by atoms with Gasteiger partial charge < -0.3 is 10.6 Å². The molecule has 4 heteroatoms. The molecule has 19 heavy (non-hydrogen) atoms. The van der Waals surface area contributed by atoms with E-state index in [0.29, 0.717) is 13.1 Å². The van der Waals surface area contributed by atoms with Crippen LogP contribution < -0.4 is 10.6 Å². The minimum Gasteiger partial charge on any atom is -0.355 e. The SMILES string of the molecule is CCNC(=O)CNC1CC(C#N)(c2ccccc2)C1. The van der Waals surface area contributed by atoms with Crippen molar-refractivity contribution >= 4 is 5.91 Å². The van der Waals surface area contributed by atoms with Crippen LogP contribution in [0.3, 0.4) is 0 Å². The lowest BCUT2D eigenvalue weighted by molar-refractivity contribution is -0.120. The van der Waals surface area contributed by atoms with Crippen molar-refractivity contribution in [3.63, 3.8) is 0 Å². The van der Waals surface area contributed by atoms with Gasteiger partial charge in [0.1, 0.15) is 0 Å². The van der Waals surface area contributed by atoms with E-state index in [-0.39, 0.29) is 17.4 Å². The number of hydrogen-bond donors (Lipinski definition) is 2. The molecule has 1 aliphatic rings. The molecular weight excluding hydrogens is 238 g/mol. The zero-order valence-corrected chi connectivity index (χ0v) is 11.1. The van der Waals surface area contributed by atoms with Crippen molar-refractivity contribution in [3.05, 3.63) is 35.9 Å². The lowest BCUT2D eigenvalue weighted by Gasteiger charge is -2.43. The Morgan fingerprint density at radius 2 is 2.11 bits per heavy atom. The molecule has 2 N–H and O–H groups in total. The zero-order chi connectivity index (χ0) is 13.7. The molecule has 0 atom stereocenters. The molecule has 4 nitrogen and oxygen atoms in total. The highest BCUT2D eigenvalue weighted by Gasteiger charge is 2.45. The van der Waals surface area contributed by atoms with Crippen LogP contribution in [-0.2, 0) is 10.2 Å². The first-order valence-electron chi connectivity index (χ1n) is 6.67. The quantitative estimate of drug-likeness (QED) is 0.836. The average Bonchev–Trinajstić information content (AvgIpc) is 2.39. The van der Waals surface area contributed by atoms with Crippen molar-refractivity contribution in [1.82, 2.24) is 10.6 Å². The van der Waals surface area contributed by atoms with E-state index in [1.54, 1.807) is 0 Å². The Hall–Kier alpha value is -1.86. The van der Waals surface area contributed by atoms with E-state index in [1.165, 1.54) is 0 Å². The Morgan fingerprint density at radius 1 is 1.42 bits per heavy atom. The molecule has 1 aromatic rings. The van der Waals surface area contributed by atoms with Crippen LogP contribution in [0, 0.1) is 11.3 Å². The maximum Gasteiger partial charge on any atom is 0.233 e. The van der Waals surface area contributed by atoms with Crippen LogP contribution >= 0.6 is 0 Å². The molecular formula is C15H19N3O. The number of nitriles is 1. The van der Waals surface area contributed by atoms with Crippen molar-refractivity contribution in [2.75, 3.05) is 13.1 Å². The van der Waals surface area contributed by atoms with E-state index in [0.717, 1.165) is 18.4 Å². The lowest BCUT2D eigenvalue weighted by atomic mass is 9.62. The van der Waals surface area contributed by atoms with Gasteiger partial charge in [0.05, 0.1) is 18.0 Å². The number of likely N-dealkylation sites (N-methyl/N-ethyl adjacent to an activating group) is 1. The molecule has 0 radical (unpaired) electrons. The summed E-state index contributed by atoms with van der Waals surface area (Å²) in [7, 11) is 0. The van der Waals surface area contributed by atoms with E-state index >= 15 is 0 Å². The van der Waals surface area contributed by atoms with Gasteiger partial charge in [-0.15, -0.1) is 0 Å². The highest BCUT2D eigenvalue weighted by Crippen LogP contribution is 2.43. The van der Waals surface area contributed by atoms with Gasteiger partial charge in [-0.25, -0.2) is 0 Å². The highest BCUT2D eigenvalue weighted by molar-refractivity contribution is 5.77. The summed E-state index contributed by atoms with van der Waals surface area (Å²) in [6.07, 6.45) is 1.54. The zero-order valence-electron chi connectivity index (χ0n) is 11.1. The predicted octanol–water partition coefficient (Wildman–Crippen LogP) is 1.34. The number of carbonyl (C=O) groups is 1. The Balaban J connectivity index is 1.87. The normalized spacial score (nSPS) is 25.2. The van der Waals surface area contributed by atoms with Gasteiger partial charge in [0.25, 0.3) is 0 Å². The molecule has 1 amide bonds. The fourth-order valence-corrected chi connectivity index (χ4v) is 2.57. The van der Waals surface area contributed by atoms with Gasteiger partial charge in [0.15, 0.2) is 0 Å². The maximum absolute atomic E-state index is 11.3. The summed E-state index contributed by atoms with van der Waals surface area (Å²) in [5.74, 6) is 0.0108. The van der Waals surface area contributed by atoms with E-state index in [4.69, 9.17) is 0 Å². The number of rotatable bonds is 5. The van der Waals surface area contributed by atoms with Crippen LogP contribution in [0.4, 0.5) is 0 Å². The highest BCUT2D eigenvalue weighted by atomic mass is 16.1. The van der Waals surface area contributed by atoms with Crippen LogP contribution in [0.5, 0.6) is 0 Å². The summed E-state index contributed by atoms with van der Waals surface area (Å²) in [4.78, 5) is 11.3. The molecule has 2 rings (SSSR count). The van der Waals surface area contributed by atoms with Crippen LogP contribution in [0.2, 0.25) is 0 Å². The van der Waals surface area contributed by atoms with Crippen molar-refractivity contribution in [2.24, 2.45) is 0 Å². The summed E-state index contributed by atoms with van der Waals surface area (Å²) >= 11 is 0. The van der Waals surface area contributed by atoms with Gasteiger partial charge in [-0.1, -0.05) is 30.3 Å². The molecule has 0 bridgehead atoms. The molecule has 0 aliphatic heterocycles. The van der Waals surface area contributed by atoms with E-state index in [1.807, 2.05) is 37.3 Å². The first-order valence-corrected chi connectivity index (χ1v) is 6.67. The molecule has 0 unspecified atom stereocenters. The summed E-state index contributed by atoms with van der Waals surface area (Å²) in [5, 5.41) is 15.4. The average molecular weight is 257 g/mol. The first-order chi connectivity index (χ1) is 9.20. The second-order valence-corrected chi connectivity index (χ2v) is 5.00. The summed E-state index contributed by atoms with van der Waals surface area (Å²) in [5.41, 5.74) is 0.703. The van der Waals surface area contributed by atoms with Crippen LogP contribution in [-0.4, -0.2) is 25.0 Å². The Kier molecular flexibility index (Phi) is 4.18. The molecule has 1 aromatic carbocycles. The van der Waals surface area contributed by atoms with Gasteiger partial charge in [-0.3, -0.25) is 4.79 Å². The largest absolute Gasteiger partial charge is 0.355 e.